The topological polar surface area (TPSA) is 57.9 Å². The molecule has 0 aliphatic rings. The number of rotatable bonds is 15. The molecule has 5 heteroatoms. The van der Waals surface area contributed by atoms with Gasteiger partial charge in [-0.1, -0.05) is 98.8 Å². The summed E-state index contributed by atoms with van der Waals surface area (Å²) in [5.41, 5.74) is 4.13. The highest BCUT2D eigenvalue weighted by atomic mass is 16.5. The predicted octanol–water partition coefficient (Wildman–Crippen LogP) is 9.94. The number of unbranched alkanes of at least 4 members (excludes halogenated alkanes) is 4. The van der Waals surface area contributed by atoms with Crippen LogP contribution >= 0.6 is 0 Å². The maximum atomic E-state index is 11.7. The monoisotopic (exact) mass is 576 g/mol. The lowest BCUT2D eigenvalue weighted by molar-refractivity contribution is 0.0600. The molecule has 0 fully saturated rings. The smallest absolute Gasteiger partial charge is 0.337 e. The van der Waals surface area contributed by atoms with Crippen molar-refractivity contribution in [3.8, 4) is 11.5 Å². The molecule has 0 unspecified atom stereocenters. The molecule has 230 valence electrons. The van der Waals surface area contributed by atoms with Gasteiger partial charge in [-0.2, -0.15) is 0 Å². The summed E-state index contributed by atoms with van der Waals surface area (Å²) in [5, 5.41) is 0. The van der Waals surface area contributed by atoms with Crippen LogP contribution in [0.4, 0.5) is 0 Å². The van der Waals surface area contributed by atoms with E-state index in [9.17, 15) is 4.79 Å². The van der Waals surface area contributed by atoms with Crippen LogP contribution in [-0.2, 0) is 27.6 Å². The van der Waals surface area contributed by atoms with Crippen LogP contribution in [0.5, 0.6) is 11.5 Å². The van der Waals surface area contributed by atoms with Crippen LogP contribution in [0.3, 0.4) is 0 Å². The molecule has 0 bridgehead atoms. The quantitative estimate of drug-likeness (QED) is 0.133. The van der Waals surface area contributed by atoms with E-state index >= 15 is 0 Å². The fourth-order valence-corrected chi connectivity index (χ4v) is 5.86. The van der Waals surface area contributed by atoms with Crippen LogP contribution in [0, 0.1) is 0 Å². The number of hydrogen-bond acceptors (Lipinski definition) is 5. The molecule has 0 N–H and O–H groups in total. The second-order valence-corrected chi connectivity index (χ2v) is 13.7. The van der Waals surface area contributed by atoms with E-state index in [1.807, 2.05) is 30.3 Å². The number of hydrogen-bond donors (Lipinski definition) is 0. The first-order valence-corrected chi connectivity index (χ1v) is 15.4. The Bertz CT molecular complexity index is 1270. The number of carbonyl (C=O) groups is 1. The Morgan fingerprint density at radius 3 is 1.93 bits per heavy atom. The fraction of sp³-hybridized carbons (Fsp3) is 0.541. The van der Waals surface area contributed by atoms with Crippen LogP contribution in [-0.4, -0.2) is 20.2 Å². The summed E-state index contributed by atoms with van der Waals surface area (Å²) in [6.45, 7) is 16.1. The van der Waals surface area contributed by atoms with Gasteiger partial charge in [0.25, 0.3) is 0 Å². The van der Waals surface area contributed by atoms with Crippen molar-refractivity contribution in [2.24, 2.45) is 0 Å². The normalized spacial score (nSPS) is 12.3. The minimum atomic E-state index is -0.289. The highest BCUT2D eigenvalue weighted by Gasteiger charge is 2.28. The molecule has 0 radical (unpaired) electrons. The van der Waals surface area contributed by atoms with E-state index in [0.717, 1.165) is 35.7 Å². The van der Waals surface area contributed by atoms with Gasteiger partial charge in [0.15, 0.2) is 0 Å². The Morgan fingerprint density at radius 1 is 0.738 bits per heavy atom. The lowest BCUT2D eigenvalue weighted by Gasteiger charge is -2.27. The van der Waals surface area contributed by atoms with Gasteiger partial charge in [0.2, 0.25) is 0 Å². The Balaban J connectivity index is 1.46. The van der Waals surface area contributed by atoms with Crippen molar-refractivity contribution in [2.75, 3.05) is 14.2 Å². The van der Waals surface area contributed by atoms with E-state index in [1.54, 1.807) is 13.4 Å². The number of methoxy groups -OCH3 is 2. The SMILES string of the molecule is COC(=O)c1ccc(C(C)(C)CCCCCCCC(C)(C)c2ccoc2COc2cccc(OC)c2C(C)(C)C)cc1. The minimum absolute atomic E-state index is 0.00524. The van der Waals surface area contributed by atoms with E-state index in [4.69, 9.17) is 18.6 Å². The number of benzene rings is 2. The Kier molecular flexibility index (Phi) is 11.3. The van der Waals surface area contributed by atoms with Crippen molar-refractivity contribution < 1.29 is 23.4 Å². The third-order valence-corrected chi connectivity index (χ3v) is 8.48. The third kappa shape index (κ3) is 8.65. The molecule has 0 spiro atoms. The van der Waals surface area contributed by atoms with Gasteiger partial charge in [0.1, 0.15) is 23.9 Å². The van der Waals surface area contributed by atoms with Crippen molar-refractivity contribution in [1.82, 2.24) is 0 Å². The number of ether oxygens (including phenoxy) is 3. The molecule has 0 saturated heterocycles. The first-order chi connectivity index (χ1) is 19.8. The summed E-state index contributed by atoms with van der Waals surface area (Å²) in [7, 11) is 3.12. The third-order valence-electron chi connectivity index (χ3n) is 8.48. The highest BCUT2D eigenvalue weighted by Crippen LogP contribution is 2.40. The molecular formula is C37H52O5. The zero-order chi connectivity index (χ0) is 31.0. The maximum Gasteiger partial charge on any atom is 0.337 e. The molecule has 2 aromatic carbocycles. The van der Waals surface area contributed by atoms with Gasteiger partial charge in [0, 0.05) is 11.1 Å². The van der Waals surface area contributed by atoms with Crippen molar-refractivity contribution >= 4 is 5.97 Å². The van der Waals surface area contributed by atoms with Gasteiger partial charge in [-0.3, -0.25) is 0 Å². The summed E-state index contributed by atoms with van der Waals surface area (Å²) in [6, 6.07) is 15.9. The minimum Gasteiger partial charge on any atom is -0.496 e. The summed E-state index contributed by atoms with van der Waals surface area (Å²) < 4.78 is 22.7. The standard InChI is InChI=1S/C37H52O5/c1-35(2,3)33-30(39-8)16-15-17-31(33)42-26-32-29(22-25-41-32)37(6,7)24-14-12-10-11-13-23-36(4,5)28-20-18-27(19-21-28)34(38)40-9/h15-22,25H,10-14,23-24,26H2,1-9H3. The van der Waals surface area contributed by atoms with Crippen LogP contribution in [0.15, 0.2) is 59.2 Å². The first-order valence-electron chi connectivity index (χ1n) is 15.4. The Labute approximate surface area is 254 Å². The van der Waals surface area contributed by atoms with Gasteiger partial charge < -0.3 is 18.6 Å². The van der Waals surface area contributed by atoms with E-state index in [2.05, 4.69) is 66.7 Å². The maximum absolute atomic E-state index is 11.7. The van der Waals surface area contributed by atoms with E-state index in [1.165, 1.54) is 50.3 Å². The molecule has 3 aromatic rings. The summed E-state index contributed by atoms with van der Waals surface area (Å²) in [6.07, 6.45) is 10.1. The van der Waals surface area contributed by atoms with Gasteiger partial charge in [0.05, 0.1) is 26.0 Å². The average Bonchev–Trinajstić information content (AvgIpc) is 3.44. The molecule has 3 rings (SSSR count). The van der Waals surface area contributed by atoms with E-state index < -0.39 is 0 Å². The second-order valence-electron chi connectivity index (χ2n) is 13.7. The van der Waals surface area contributed by atoms with Gasteiger partial charge in [-0.05, 0) is 65.0 Å². The largest absolute Gasteiger partial charge is 0.496 e. The molecule has 0 amide bonds. The number of furan rings is 1. The van der Waals surface area contributed by atoms with E-state index in [-0.39, 0.29) is 22.2 Å². The van der Waals surface area contributed by atoms with Crippen LogP contribution < -0.4 is 9.47 Å². The molecule has 0 saturated carbocycles. The summed E-state index contributed by atoms with van der Waals surface area (Å²) >= 11 is 0. The molecule has 0 aliphatic heterocycles. The van der Waals surface area contributed by atoms with Crippen LogP contribution in [0.2, 0.25) is 0 Å². The average molecular weight is 577 g/mol. The zero-order valence-electron chi connectivity index (χ0n) is 27.4. The molecule has 42 heavy (non-hydrogen) atoms. The second kappa shape index (κ2) is 14.3. The van der Waals surface area contributed by atoms with Crippen molar-refractivity contribution in [3.05, 3.63) is 82.8 Å². The lowest BCUT2D eigenvalue weighted by Crippen LogP contribution is -2.19. The van der Waals surface area contributed by atoms with Crippen molar-refractivity contribution in [3.63, 3.8) is 0 Å². The summed E-state index contributed by atoms with van der Waals surface area (Å²) in [4.78, 5) is 11.7. The van der Waals surface area contributed by atoms with Crippen LogP contribution in [0.1, 0.15) is 126 Å². The van der Waals surface area contributed by atoms with Crippen molar-refractivity contribution in [1.29, 1.82) is 0 Å². The molecule has 5 nitrogen and oxygen atoms in total. The highest BCUT2D eigenvalue weighted by molar-refractivity contribution is 5.89. The van der Waals surface area contributed by atoms with Gasteiger partial charge in [-0.15, -0.1) is 0 Å². The Hall–Kier alpha value is -3.21. The number of carbonyl (C=O) groups excluding carboxylic acids is 1. The number of esters is 1. The zero-order valence-corrected chi connectivity index (χ0v) is 27.4. The molecule has 0 atom stereocenters. The van der Waals surface area contributed by atoms with Crippen molar-refractivity contribution in [2.45, 2.75) is 116 Å². The van der Waals surface area contributed by atoms with Crippen LogP contribution in [0.25, 0.3) is 0 Å². The predicted molar refractivity (Wildman–Crippen MR) is 171 cm³/mol. The molecule has 1 heterocycles. The Morgan fingerprint density at radius 2 is 1.33 bits per heavy atom. The molecule has 1 aromatic heterocycles. The molecular weight excluding hydrogens is 524 g/mol. The fourth-order valence-electron chi connectivity index (χ4n) is 5.86. The van der Waals surface area contributed by atoms with Gasteiger partial charge in [-0.25, -0.2) is 4.79 Å². The van der Waals surface area contributed by atoms with Gasteiger partial charge >= 0.3 is 5.97 Å². The molecule has 0 aliphatic carbocycles. The summed E-state index contributed by atoms with van der Waals surface area (Å²) in [5.74, 6) is 2.29. The van der Waals surface area contributed by atoms with E-state index in [0.29, 0.717) is 12.2 Å². The first kappa shape index (κ1) is 33.3. The lowest BCUT2D eigenvalue weighted by atomic mass is 9.79.